The fourth-order valence-corrected chi connectivity index (χ4v) is 1.87. The number of ether oxygens (including phenoxy) is 1. The van der Waals surface area contributed by atoms with Gasteiger partial charge >= 0.3 is 0 Å². The van der Waals surface area contributed by atoms with E-state index in [0.29, 0.717) is 12.0 Å². The number of fused-ring (bicyclic) bond motifs is 1. The van der Waals surface area contributed by atoms with Gasteiger partial charge < -0.3 is 10.1 Å². The van der Waals surface area contributed by atoms with Gasteiger partial charge in [0.25, 0.3) is 0 Å². The Morgan fingerprint density at radius 1 is 1.31 bits per heavy atom. The summed E-state index contributed by atoms with van der Waals surface area (Å²) >= 11 is 0. The Morgan fingerprint density at radius 2 is 2.25 bits per heavy atom. The molecule has 1 fully saturated rings. The van der Waals surface area contributed by atoms with E-state index in [-0.39, 0.29) is 0 Å². The second-order valence-electron chi connectivity index (χ2n) is 3.96. The van der Waals surface area contributed by atoms with Crippen LogP contribution in [0.5, 0.6) is 0 Å². The molecule has 2 aromatic rings. The number of anilines is 1. The van der Waals surface area contributed by atoms with Crippen LogP contribution in [0, 0.1) is 0 Å². The average molecular weight is 215 g/mol. The first-order valence-corrected chi connectivity index (χ1v) is 5.48. The van der Waals surface area contributed by atoms with Crippen LogP contribution in [0.2, 0.25) is 0 Å². The highest BCUT2D eigenvalue weighted by molar-refractivity contribution is 5.78. The molecule has 2 heterocycles. The van der Waals surface area contributed by atoms with Crippen molar-refractivity contribution in [3.63, 3.8) is 0 Å². The fourth-order valence-electron chi connectivity index (χ4n) is 1.87. The van der Waals surface area contributed by atoms with E-state index in [1.54, 1.807) is 0 Å². The van der Waals surface area contributed by atoms with Crippen LogP contribution < -0.4 is 5.32 Å². The van der Waals surface area contributed by atoms with Crippen molar-refractivity contribution < 1.29 is 4.74 Å². The van der Waals surface area contributed by atoms with Crippen molar-refractivity contribution in [2.24, 2.45) is 0 Å². The van der Waals surface area contributed by atoms with Crippen LogP contribution in [0.1, 0.15) is 6.42 Å². The summed E-state index contributed by atoms with van der Waals surface area (Å²) in [5.74, 6) is 0.689. The lowest BCUT2D eigenvalue weighted by Gasteiger charge is -2.10. The summed E-state index contributed by atoms with van der Waals surface area (Å²) < 4.78 is 5.30. The van der Waals surface area contributed by atoms with E-state index in [2.05, 4.69) is 15.3 Å². The molecule has 0 aliphatic carbocycles. The third-order valence-corrected chi connectivity index (χ3v) is 2.75. The quantitative estimate of drug-likeness (QED) is 0.830. The SMILES string of the molecule is c1ccc2nc(NC3CCOC3)ncc2c1. The van der Waals surface area contributed by atoms with Crippen molar-refractivity contribution in [2.75, 3.05) is 18.5 Å². The van der Waals surface area contributed by atoms with Gasteiger partial charge in [-0.05, 0) is 12.5 Å². The number of hydrogen-bond acceptors (Lipinski definition) is 4. The fraction of sp³-hybridized carbons (Fsp3) is 0.333. The molecule has 0 amide bonds. The molecule has 1 N–H and O–H groups in total. The molecular formula is C12H13N3O. The zero-order chi connectivity index (χ0) is 10.8. The molecule has 1 aromatic heterocycles. The molecular weight excluding hydrogens is 202 g/mol. The van der Waals surface area contributed by atoms with Crippen LogP contribution in [0.4, 0.5) is 5.95 Å². The molecule has 16 heavy (non-hydrogen) atoms. The molecule has 0 bridgehead atoms. The molecule has 1 aromatic carbocycles. The smallest absolute Gasteiger partial charge is 0.223 e. The van der Waals surface area contributed by atoms with Gasteiger partial charge in [0, 0.05) is 18.2 Å². The molecule has 4 nitrogen and oxygen atoms in total. The first-order chi connectivity index (χ1) is 7.92. The molecule has 0 saturated carbocycles. The first kappa shape index (κ1) is 9.54. The normalized spacial score (nSPS) is 20.1. The largest absolute Gasteiger partial charge is 0.379 e. The lowest BCUT2D eigenvalue weighted by molar-refractivity contribution is 0.195. The average Bonchev–Trinajstić information content (AvgIpc) is 2.82. The molecule has 1 atom stereocenters. The van der Waals surface area contributed by atoms with Gasteiger partial charge in [-0.1, -0.05) is 18.2 Å². The van der Waals surface area contributed by atoms with E-state index < -0.39 is 0 Å². The second-order valence-corrected chi connectivity index (χ2v) is 3.96. The lowest BCUT2D eigenvalue weighted by atomic mass is 10.2. The molecule has 1 aliphatic heterocycles. The molecule has 4 heteroatoms. The summed E-state index contributed by atoms with van der Waals surface area (Å²) in [5.41, 5.74) is 0.971. The monoisotopic (exact) mass is 215 g/mol. The lowest BCUT2D eigenvalue weighted by Crippen LogP contribution is -2.20. The van der Waals surface area contributed by atoms with E-state index in [4.69, 9.17) is 4.74 Å². The minimum Gasteiger partial charge on any atom is -0.379 e. The maximum absolute atomic E-state index is 5.30. The molecule has 82 valence electrons. The summed E-state index contributed by atoms with van der Waals surface area (Å²) in [6.45, 7) is 1.57. The van der Waals surface area contributed by atoms with Gasteiger partial charge in [-0.15, -0.1) is 0 Å². The third kappa shape index (κ3) is 1.84. The van der Waals surface area contributed by atoms with E-state index in [1.807, 2.05) is 30.5 Å². The maximum atomic E-state index is 5.30. The summed E-state index contributed by atoms with van der Waals surface area (Å²) in [6.07, 6.45) is 2.87. The first-order valence-electron chi connectivity index (χ1n) is 5.48. The Bertz CT molecular complexity index is 494. The predicted octanol–water partition coefficient (Wildman–Crippen LogP) is 1.83. The highest BCUT2D eigenvalue weighted by Gasteiger charge is 2.15. The Kier molecular flexibility index (Phi) is 2.42. The molecule has 3 rings (SSSR count). The van der Waals surface area contributed by atoms with Crippen LogP contribution in [0.25, 0.3) is 10.9 Å². The highest BCUT2D eigenvalue weighted by atomic mass is 16.5. The molecule has 1 saturated heterocycles. The Labute approximate surface area is 93.7 Å². The van der Waals surface area contributed by atoms with Crippen molar-refractivity contribution in [3.8, 4) is 0 Å². The van der Waals surface area contributed by atoms with Crippen molar-refractivity contribution in [1.82, 2.24) is 9.97 Å². The van der Waals surface area contributed by atoms with E-state index in [1.165, 1.54) is 0 Å². The Hall–Kier alpha value is -1.68. The molecule has 0 radical (unpaired) electrons. The van der Waals surface area contributed by atoms with Crippen LogP contribution in [-0.4, -0.2) is 29.2 Å². The summed E-state index contributed by atoms with van der Waals surface area (Å²) in [7, 11) is 0. The van der Waals surface area contributed by atoms with Crippen LogP contribution in [-0.2, 0) is 4.74 Å². The number of nitrogens with one attached hydrogen (secondary N) is 1. The number of aromatic nitrogens is 2. The van der Waals surface area contributed by atoms with Crippen molar-refractivity contribution in [2.45, 2.75) is 12.5 Å². The van der Waals surface area contributed by atoms with E-state index >= 15 is 0 Å². The predicted molar refractivity (Wildman–Crippen MR) is 62.4 cm³/mol. The summed E-state index contributed by atoms with van der Waals surface area (Å²) in [6, 6.07) is 8.33. The van der Waals surface area contributed by atoms with Crippen LogP contribution in [0.3, 0.4) is 0 Å². The second kappa shape index (κ2) is 4.06. The molecule has 1 aliphatic rings. The number of nitrogens with zero attached hydrogens (tertiary/aromatic N) is 2. The van der Waals surface area contributed by atoms with Crippen LogP contribution >= 0.6 is 0 Å². The third-order valence-electron chi connectivity index (χ3n) is 2.75. The van der Waals surface area contributed by atoms with Gasteiger partial charge in [0.15, 0.2) is 0 Å². The number of para-hydroxylation sites is 1. The summed E-state index contributed by atoms with van der Waals surface area (Å²) in [5, 5.41) is 4.35. The maximum Gasteiger partial charge on any atom is 0.223 e. The van der Waals surface area contributed by atoms with Gasteiger partial charge in [-0.2, -0.15) is 0 Å². The topological polar surface area (TPSA) is 47.0 Å². The van der Waals surface area contributed by atoms with Gasteiger partial charge in [0.1, 0.15) is 0 Å². The minimum atomic E-state index is 0.348. The highest BCUT2D eigenvalue weighted by Crippen LogP contribution is 2.14. The zero-order valence-corrected chi connectivity index (χ0v) is 8.89. The number of benzene rings is 1. The van der Waals surface area contributed by atoms with E-state index in [0.717, 1.165) is 30.5 Å². The van der Waals surface area contributed by atoms with Crippen molar-refractivity contribution in [1.29, 1.82) is 0 Å². The Morgan fingerprint density at radius 3 is 3.12 bits per heavy atom. The van der Waals surface area contributed by atoms with Gasteiger partial charge in [0.05, 0.1) is 18.2 Å². The standard InChI is InChI=1S/C12H13N3O/c1-2-4-11-9(3-1)7-13-12(15-11)14-10-5-6-16-8-10/h1-4,7,10H,5-6,8H2,(H,13,14,15). The van der Waals surface area contributed by atoms with Crippen molar-refractivity contribution >= 4 is 16.9 Å². The van der Waals surface area contributed by atoms with Crippen molar-refractivity contribution in [3.05, 3.63) is 30.5 Å². The van der Waals surface area contributed by atoms with Gasteiger partial charge in [-0.25, -0.2) is 9.97 Å². The zero-order valence-electron chi connectivity index (χ0n) is 8.89. The van der Waals surface area contributed by atoms with E-state index in [9.17, 15) is 0 Å². The van der Waals surface area contributed by atoms with Gasteiger partial charge in [0.2, 0.25) is 5.95 Å². The Balaban J connectivity index is 1.86. The number of hydrogen-bond donors (Lipinski definition) is 1. The van der Waals surface area contributed by atoms with Crippen LogP contribution in [0.15, 0.2) is 30.5 Å². The molecule has 1 unspecified atom stereocenters. The number of rotatable bonds is 2. The molecule has 0 spiro atoms. The summed E-state index contributed by atoms with van der Waals surface area (Å²) in [4.78, 5) is 8.75. The minimum absolute atomic E-state index is 0.348. The van der Waals surface area contributed by atoms with Gasteiger partial charge in [-0.3, -0.25) is 0 Å².